The molecule has 0 amide bonds. The maximum Gasteiger partial charge on any atom is 0.193 e. The molecule has 0 aliphatic carbocycles. The summed E-state index contributed by atoms with van der Waals surface area (Å²) in [4.78, 5) is 6.33. The zero-order valence-electron chi connectivity index (χ0n) is 11.4. The van der Waals surface area contributed by atoms with Gasteiger partial charge in [-0.05, 0) is 22.0 Å². The van der Waals surface area contributed by atoms with E-state index in [1.54, 1.807) is 14.2 Å². The fraction of sp³-hybridized carbons (Fsp3) is 0.583. The summed E-state index contributed by atoms with van der Waals surface area (Å²) >= 11 is 3.48. The van der Waals surface area contributed by atoms with Crippen LogP contribution in [0.4, 0.5) is 0 Å². The van der Waals surface area contributed by atoms with Crippen LogP contribution in [0.25, 0.3) is 0 Å². The van der Waals surface area contributed by atoms with Crippen molar-refractivity contribution in [2.45, 2.75) is 6.54 Å². The highest BCUT2D eigenvalue weighted by Gasteiger charge is 2.09. The van der Waals surface area contributed by atoms with Gasteiger partial charge in [0.15, 0.2) is 5.96 Å². The minimum absolute atomic E-state index is 0.669. The average Bonchev–Trinajstić information content (AvgIpc) is 2.63. The van der Waals surface area contributed by atoms with Crippen LogP contribution in [0.3, 0.4) is 0 Å². The molecule has 0 unspecified atom stereocenters. The Morgan fingerprint density at radius 3 is 2.83 bits per heavy atom. The van der Waals surface area contributed by atoms with Crippen molar-refractivity contribution in [3.63, 3.8) is 0 Å². The summed E-state index contributed by atoms with van der Waals surface area (Å²) in [7, 11) is 7.53. The highest BCUT2D eigenvalue weighted by atomic mass is 79.9. The van der Waals surface area contributed by atoms with Gasteiger partial charge in [0.25, 0.3) is 0 Å². The van der Waals surface area contributed by atoms with Gasteiger partial charge in [-0.2, -0.15) is 0 Å². The van der Waals surface area contributed by atoms with Gasteiger partial charge in [0.1, 0.15) is 0 Å². The molecule has 18 heavy (non-hydrogen) atoms. The van der Waals surface area contributed by atoms with Crippen molar-refractivity contribution in [2.75, 3.05) is 34.4 Å². The van der Waals surface area contributed by atoms with Gasteiger partial charge in [-0.15, -0.1) is 0 Å². The Kier molecular flexibility index (Phi) is 6.21. The van der Waals surface area contributed by atoms with Crippen LogP contribution in [0.2, 0.25) is 0 Å². The predicted octanol–water partition coefficient (Wildman–Crippen LogP) is 1.44. The van der Waals surface area contributed by atoms with E-state index >= 15 is 0 Å². The molecule has 1 aromatic rings. The molecule has 102 valence electrons. The van der Waals surface area contributed by atoms with Crippen LogP contribution in [0.15, 0.2) is 21.7 Å². The number of guanidine groups is 1. The fourth-order valence-corrected chi connectivity index (χ4v) is 2.26. The third-order valence-corrected chi connectivity index (χ3v) is 3.07. The highest BCUT2D eigenvalue weighted by molar-refractivity contribution is 9.10. The second-order valence-electron chi connectivity index (χ2n) is 4.08. The molecule has 0 aliphatic rings. The van der Waals surface area contributed by atoms with Gasteiger partial charge in [-0.3, -0.25) is 4.99 Å². The number of halogens is 1. The van der Waals surface area contributed by atoms with E-state index in [9.17, 15) is 0 Å². The average molecular weight is 317 g/mol. The largest absolute Gasteiger partial charge is 0.383 e. The van der Waals surface area contributed by atoms with Crippen molar-refractivity contribution in [3.8, 4) is 0 Å². The normalized spacial score (nSPS) is 11.7. The number of nitrogens with zero attached hydrogens (tertiary/aromatic N) is 3. The van der Waals surface area contributed by atoms with Crippen LogP contribution in [-0.4, -0.2) is 49.8 Å². The quantitative estimate of drug-likeness (QED) is 0.508. The Hall–Kier alpha value is -1.01. The molecule has 1 rings (SSSR count). The molecular weight excluding hydrogens is 296 g/mol. The van der Waals surface area contributed by atoms with E-state index < -0.39 is 0 Å². The number of ether oxygens (including phenoxy) is 1. The summed E-state index contributed by atoms with van der Waals surface area (Å²) < 4.78 is 8.20. The zero-order chi connectivity index (χ0) is 13.5. The lowest BCUT2D eigenvalue weighted by Crippen LogP contribution is -2.40. The molecule has 0 bridgehead atoms. The van der Waals surface area contributed by atoms with E-state index in [4.69, 9.17) is 4.74 Å². The molecule has 1 heterocycles. The van der Waals surface area contributed by atoms with E-state index in [-0.39, 0.29) is 0 Å². The van der Waals surface area contributed by atoms with Gasteiger partial charge >= 0.3 is 0 Å². The zero-order valence-corrected chi connectivity index (χ0v) is 13.0. The van der Waals surface area contributed by atoms with E-state index in [2.05, 4.69) is 41.8 Å². The second-order valence-corrected chi connectivity index (χ2v) is 5.00. The Balaban J connectivity index is 2.57. The van der Waals surface area contributed by atoms with Gasteiger partial charge in [0, 0.05) is 51.2 Å². The van der Waals surface area contributed by atoms with Crippen LogP contribution in [-0.2, 0) is 18.3 Å². The third kappa shape index (κ3) is 4.34. The van der Waals surface area contributed by atoms with Crippen LogP contribution in [0.1, 0.15) is 5.69 Å². The number of rotatable bonds is 5. The molecule has 0 radical (unpaired) electrons. The number of hydrogen-bond donors (Lipinski definition) is 1. The SMILES string of the molecule is CN=C(NCCOC)N(C)Cc1cc(Br)cn1C. The Labute approximate surface area is 117 Å². The first-order valence-corrected chi connectivity index (χ1v) is 6.59. The molecule has 0 aromatic carbocycles. The first-order valence-electron chi connectivity index (χ1n) is 5.80. The molecule has 1 aromatic heterocycles. The van der Waals surface area contributed by atoms with Gasteiger partial charge in [-0.1, -0.05) is 0 Å². The Morgan fingerprint density at radius 1 is 1.61 bits per heavy atom. The van der Waals surface area contributed by atoms with Crippen molar-refractivity contribution in [2.24, 2.45) is 12.0 Å². The molecule has 0 fully saturated rings. The lowest BCUT2D eigenvalue weighted by atomic mass is 10.4. The van der Waals surface area contributed by atoms with Crippen molar-refractivity contribution < 1.29 is 4.74 Å². The van der Waals surface area contributed by atoms with Gasteiger partial charge < -0.3 is 19.5 Å². The molecule has 0 saturated heterocycles. The lowest BCUT2D eigenvalue weighted by molar-refractivity contribution is 0.203. The number of nitrogens with one attached hydrogen (secondary N) is 1. The van der Waals surface area contributed by atoms with Crippen molar-refractivity contribution in [3.05, 3.63) is 22.4 Å². The monoisotopic (exact) mass is 316 g/mol. The smallest absolute Gasteiger partial charge is 0.193 e. The van der Waals surface area contributed by atoms with Gasteiger partial charge in [-0.25, -0.2) is 0 Å². The van der Waals surface area contributed by atoms with Crippen molar-refractivity contribution >= 4 is 21.9 Å². The number of methoxy groups -OCH3 is 1. The highest BCUT2D eigenvalue weighted by Crippen LogP contribution is 2.14. The maximum atomic E-state index is 5.01. The van der Waals surface area contributed by atoms with Crippen LogP contribution < -0.4 is 5.32 Å². The number of aliphatic imine (C=N–C) groups is 1. The van der Waals surface area contributed by atoms with E-state index in [0.29, 0.717) is 6.61 Å². The molecule has 0 spiro atoms. The summed E-state index contributed by atoms with van der Waals surface area (Å²) in [5.41, 5.74) is 1.22. The summed E-state index contributed by atoms with van der Waals surface area (Å²) in [6.45, 7) is 2.22. The molecule has 5 nitrogen and oxygen atoms in total. The minimum atomic E-state index is 0.669. The molecular formula is C12H21BrN4O. The molecule has 0 atom stereocenters. The fourth-order valence-electron chi connectivity index (χ4n) is 1.69. The van der Waals surface area contributed by atoms with Crippen LogP contribution >= 0.6 is 15.9 Å². The number of hydrogen-bond acceptors (Lipinski definition) is 2. The molecule has 1 N–H and O–H groups in total. The first-order chi connectivity index (χ1) is 8.58. The predicted molar refractivity (Wildman–Crippen MR) is 77.8 cm³/mol. The van der Waals surface area contributed by atoms with Crippen LogP contribution in [0, 0.1) is 0 Å². The standard InChI is InChI=1S/C12H21BrN4O/c1-14-12(15-5-6-18-4)17(3)9-11-7-10(13)8-16(11)2/h7-8H,5-6,9H2,1-4H3,(H,14,15). The van der Waals surface area contributed by atoms with E-state index in [1.807, 2.05) is 20.3 Å². The van der Waals surface area contributed by atoms with E-state index in [1.165, 1.54) is 5.69 Å². The Bertz CT molecular complexity index is 403. The van der Waals surface area contributed by atoms with Crippen LogP contribution in [0.5, 0.6) is 0 Å². The minimum Gasteiger partial charge on any atom is -0.383 e. The number of aryl methyl sites for hydroxylation is 1. The second kappa shape index (κ2) is 7.43. The number of aromatic nitrogens is 1. The summed E-state index contributed by atoms with van der Waals surface area (Å²) in [6.07, 6.45) is 2.05. The maximum absolute atomic E-state index is 5.01. The van der Waals surface area contributed by atoms with Gasteiger partial charge in [0.05, 0.1) is 13.2 Å². The van der Waals surface area contributed by atoms with Crippen molar-refractivity contribution in [1.29, 1.82) is 0 Å². The summed E-state index contributed by atoms with van der Waals surface area (Å²) in [5.74, 6) is 0.865. The molecule has 6 heteroatoms. The Morgan fingerprint density at radius 2 is 2.33 bits per heavy atom. The lowest BCUT2D eigenvalue weighted by Gasteiger charge is -2.22. The molecule has 0 aliphatic heterocycles. The third-order valence-electron chi connectivity index (χ3n) is 2.64. The van der Waals surface area contributed by atoms with Gasteiger partial charge in [0.2, 0.25) is 0 Å². The summed E-state index contributed by atoms with van der Waals surface area (Å²) in [5, 5.41) is 3.25. The van der Waals surface area contributed by atoms with Crippen molar-refractivity contribution in [1.82, 2.24) is 14.8 Å². The van der Waals surface area contributed by atoms with E-state index in [0.717, 1.165) is 23.5 Å². The summed E-state index contributed by atoms with van der Waals surface area (Å²) in [6, 6.07) is 2.11. The molecule has 0 saturated carbocycles. The first kappa shape index (κ1) is 15.0. The topological polar surface area (TPSA) is 41.8 Å².